The van der Waals surface area contributed by atoms with Gasteiger partial charge >= 0.3 is 0 Å². The van der Waals surface area contributed by atoms with Crippen LogP contribution in [0.3, 0.4) is 0 Å². The summed E-state index contributed by atoms with van der Waals surface area (Å²) in [6.45, 7) is 1.19. The fourth-order valence-corrected chi connectivity index (χ4v) is 3.92. The lowest BCUT2D eigenvalue weighted by molar-refractivity contribution is 0.174. The SMILES string of the molecule is COc1csc(-c2scc3c2OCCO3)c1OC. The maximum Gasteiger partial charge on any atom is 0.180 e. The highest BCUT2D eigenvalue weighted by Crippen LogP contribution is 2.53. The molecule has 1 aliphatic rings. The summed E-state index contributed by atoms with van der Waals surface area (Å²) in [5.74, 6) is 3.13. The molecule has 4 nitrogen and oxygen atoms in total. The van der Waals surface area contributed by atoms with Crippen LogP contribution in [0.1, 0.15) is 0 Å². The van der Waals surface area contributed by atoms with Crippen LogP contribution in [0.5, 0.6) is 23.0 Å². The molecule has 96 valence electrons. The molecule has 0 radical (unpaired) electrons. The Morgan fingerprint density at radius 2 is 1.78 bits per heavy atom. The van der Waals surface area contributed by atoms with Gasteiger partial charge in [0, 0.05) is 10.8 Å². The first-order valence-electron chi connectivity index (χ1n) is 5.42. The minimum Gasteiger partial charge on any atom is -0.492 e. The van der Waals surface area contributed by atoms with Crippen molar-refractivity contribution in [3.63, 3.8) is 0 Å². The van der Waals surface area contributed by atoms with Crippen LogP contribution in [0.4, 0.5) is 0 Å². The Labute approximate surface area is 113 Å². The molecule has 0 unspecified atom stereocenters. The van der Waals surface area contributed by atoms with Gasteiger partial charge in [-0.3, -0.25) is 0 Å². The third-order valence-corrected chi connectivity index (χ3v) is 4.69. The standard InChI is InChI=1S/C12H12O4S2/c1-13-7-5-17-11(9(7)14-2)12-10-8(6-18-12)15-3-4-16-10/h5-6H,3-4H2,1-2H3. The Morgan fingerprint density at radius 3 is 2.56 bits per heavy atom. The van der Waals surface area contributed by atoms with E-state index in [2.05, 4.69) is 0 Å². The summed E-state index contributed by atoms with van der Waals surface area (Å²) >= 11 is 3.18. The number of methoxy groups -OCH3 is 2. The predicted octanol–water partition coefficient (Wildman–Crippen LogP) is 3.27. The van der Waals surface area contributed by atoms with Gasteiger partial charge in [0.15, 0.2) is 23.0 Å². The van der Waals surface area contributed by atoms with Crippen molar-refractivity contribution >= 4 is 22.7 Å². The van der Waals surface area contributed by atoms with Crippen LogP contribution < -0.4 is 18.9 Å². The van der Waals surface area contributed by atoms with Crippen LogP contribution in [0.25, 0.3) is 9.75 Å². The topological polar surface area (TPSA) is 36.9 Å². The van der Waals surface area contributed by atoms with Crippen LogP contribution in [0, 0.1) is 0 Å². The highest BCUT2D eigenvalue weighted by Gasteiger charge is 2.24. The summed E-state index contributed by atoms with van der Waals surface area (Å²) in [4.78, 5) is 2.06. The zero-order valence-electron chi connectivity index (χ0n) is 10.0. The maximum atomic E-state index is 5.69. The van der Waals surface area contributed by atoms with E-state index >= 15 is 0 Å². The predicted molar refractivity (Wildman–Crippen MR) is 71.7 cm³/mol. The van der Waals surface area contributed by atoms with E-state index in [0.717, 1.165) is 32.8 Å². The van der Waals surface area contributed by atoms with Crippen molar-refractivity contribution in [1.82, 2.24) is 0 Å². The average molecular weight is 284 g/mol. The normalized spacial score (nSPS) is 13.4. The lowest BCUT2D eigenvalue weighted by atomic mass is 10.3. The number of hydrogen-bond donors (Lipinski definition) is 0. The fourth-order valence-electron chi connectivity index (χ4n) is 1.84. The molecule has 2 aromatic heterocycles. The molecular formula is C12H12O4S2. The molecule has 0 N–H and O–H groups in total. The van der Waals surface area contributed by atoms with Gasteiger partial charge in [0.05, 0.1) is 24.0 Å². The van der Waals surface area contributed by atoms with Crippen LogP contribution >= 0.6 is 22.7 Å². The molecule has 0 bridgehead atoms. The van der Waals surface area contributed by atoms with E-state index in [-0.39, 0.29) is 0 Å². The third kappa shape index (κ3) is 1.72. The molecule has 0 saturated heterocycles. The molecule has 2 aromatic rings. The highest BCUT2D eigenvalue weighted by atomic mass is 32.1. The van der Waals surface area contributed by atoms with E-state index in [1.807, 2.05) is 10.8 Å². The van der Waals surface area contributed by atoms with Crippen molar-refractivity contribution in [3.05, 3.63) is 10.8 Å². The minimum atomic E-state index is 0.585. The van der Waals surface area contributed by atoms with E-state index in [1.165, 1.54) is 0 Å². The van der Waals surface area contributed by atoms with Gasteiger partial charge < -0.3 is 18.9 Å². The quantitative estimate of drug-likeness (QED) is 0.867. The summed E-state index contributed by atoms with van der Waals surface area (Å²) in [7, 11) is 3.28. The Balaban J connectivity index is 2.09. The minimum absolute atomic E-state index is 0.585. The Morgan fingerprint density at radius 1 is 1.00 bits per heavy atom. The number of rotatable bonds is 3. The fraction of sp³-hybridized carbons (Fsp3) is 0.333. The zero-order valence-corrected chi connectivity index (χ0v) is 11.7. The number of fused-ring (bicyclic) bond motifs is 1. The van der Waals surface area contributed by atoms with Crippen molar-refractivity contribution in [2.24, 2.45) is 0 Å². The third-order valence-electron chi connectivity index (χ3n) is 2.65. The highest BCUT2D eigenvalue weighted by molar-refractivity contribution is 7.21. The first-order valence-corrected chi connectivity index (χ1v) is 7.18. The van der Waals surface area contributed by atoms with E-state index < -0.39 is 0 Å². The summed E-state index contributed by atoms with van der Waals surface area (Å²) in [6, 6.07) is 0. The number of thiophene rings is 2. The largest absolute Gasteiger partial charge is 0.492 e. The lowest BCUT2D eigenvalue weighted by Gasteiger charge is -2.16. The summed E-state index contributed by atoms with van der Waals surface area (Å²) < 4.78 is 21.9. The molecule has 0 amide bonds. The molecule has 0 spiro atoms. The smallest absolute Gasteiger partial charge is 0.180 e. The first-order chi connectivity index (χ1) is 8.85. The molecular weight excluding hydrogens is 272 g/mol. The van der Waals surface area contributed by atoms with Crippen LogP contribution in [0.15, 0.2) is 10.8 Å². The molecule has 1 aliphatic heterocycles. The second-order valence-corrected chi connectivity index (χ2v) is 5.38. The van der Waals surface area contributed by atoms with Gasteiger partial charge in [-0.25, -0.2) is 0 Å². The molecule has 0 fully saturated rings. The molecule has 18 heavy (non-hydrogen) atoms. The van der Waals surface area contributed by atoms with Gasteiger partial charge in [0.2, 0.25) is 0 Å². The summed E-state index contributed by atoms with van der Waals surface area (Å²) in [5.41, 5.74) is 0. The summed E-state index contributed by atoms with van der Waals surface area (Å²) in [6.07, 6.45) is 0. The molecule has 0 saturated carbocycles. The van der Waals surface area contributed by atoms with Crippen molar-refractivity contribution < 1.29 is 18.9 Å². The second-order valence-electron chi connectivity index (χ2n) is 3.62. The van der Waals surface area contributed by atoms with Crippen LogP contribution in [-0.4, -0.2) is 27.4 Å². The second kappa shape index (κ2) is 4.70. The Hall–Kier alpha value is -1.40. The van der Waals surface area contributed by atoms with Crippen molar-refractivity contribution in [2.75, 3.05) is 27.4 Å². The number of ether oxygens (including phenoxy) is 4. The monoisotopic (exact) mass is 284 g/mol. The molecule has 0 aliphatic carbocycles. The van der Waals surface area contributed by atoms with E-state index in [1.54, 1.807) is 36.9 Å². The Bertz CT molecular complexity index is 526. The zero-order chi connectivity index (χ0) is 12.5. The first kappa shape index (κ1) is 11.7. The van der Waals surface area contributed by atoms with Crippen LogP contribution in [0.2, 0.25) is 0 Å². The van der Waals surface area contributed by atoms with Crippen molar-refractivity contribution in [3.8, 4) is 32.8 Å². The van der Waals surface area contributed by atoms with Gasteiger partial charge in [-0.15, -0.1) is 22.7 Å². The molecule has 3 heterocycles. The van der Waals surface area contributed by atoms with E-state index in [0.29, 0.717) is 13.2 Å². The average Bonchev–Trinajstić information content (AvgIpc) is 3.01. The molecule has 0 atom stereocenters. The van der Waals surface area contributed by atoms with E-state index in [9.17, 15) is 0 Å². The van der Waals surface area contributed by atoms with Crippen LogP contribution in [-0.2, 0) is 0 Å². The van der Waals surface area contributed by atoms with Gasteiger partial charge in [-0.1, -0.05) is 0 Å². The van der Waals surface area contributed by atoms with Gasteiger partial charge in [-0.05, 0) is 0 Å². The van der Waals surface area contributed by atoms with Gasteiger partial charge in [-0.2, -0.15) is 0 Å². The van der Waals surface area contributed by atoms with Crippen molar-refractivity contribution in [2.45, 2.75) is 0 Å². The molecule has 3 rings (SSSR count). The molecule has 6 heteroatoms. The number of hydrogen-bond acceptors (Lipinski definition) is 6. The van der Waals surface area contributed by atoms with Crippen molar-refractivity contribution in [1.29, 1.82) is 0 Å². The van der Waals surface area contributed by atoms with E-state index in [4.69, 9.17) is 18.9 Å². The van der Waals surface area contributed by atoms with Gasteiger partial charge in [0.25, 0.3) is 0 Å². The lowest BCUT2D eigenvalue weighted by Crippen LogP contribution is -2.14. The Kier molecular flexibility index (Phi) is 3.05. The van der Waals surface area contributed by atoms with Gasteiger partial charge in [0.1, 0.15) is 13.2 Å². The summed E-state index contributed by atoms with van der Waals surface area (Å²) in [5, 5.41) is 3.90. The molecule has 0 aromatic carbocycles. The maximum absolute atomic E-state index is 5.69.